The zero-order chi connectivity index (χ0) is 12.4. The minimum atomic E-state index is -1.07. The maximum atomic E-state index is 10.8. The van der Waals surface area contributed by atoms with Gasteiger partial charge in [-0.1, -0.05) is 0 Å². The fourth-order valence-corrected chi connectivity index (χ4v) is 1.63. The van der Waals surface area contributed by atoms with Crippen molar-refractivity contribution in [3.05, 3.63) is 47.8 Å². The summed E-state index contributed by atoms with van der Waals surface area (Å²) in [4.78, 5) is 10.8. The number of phenols is 1. The van der Waals surface area contributed by atoms with Crippen LogP contribution in [-0.4, -0.2) is 25.9 Å². The van der Waals surface area contributed by atoms with Crippen LogP contribution in [0, 0.1) is 0 Å². The molecular weight excluding hydrogens is 222 g/mol. The number of carboxylic acid groups (broad SMARTS) is 1. The molecule has 3 N–H and O–H groups in total. The number of aromatic carboxylic acids is 1. The molecule has 0 amide bonds. The number of rotatable bonds is 3. The molecule has 0 bridgehead atoms. The standard InChI is InChI=1S/C12H11NO4/c14-7-9-2-1-5-13(9)10-6-8(12(16)17)3-4-11(10)15/h1-6,14-15H,7H2,(H,16,17). The number of aromatic nitrogens is 1. The van der Waals surface area contributed by atoms with Crippen LogP contribution >= 0.6 is 0 Å². The van der Waals surface area contributed by atoms with Crippen LogP contribution in [0.5, 0.6) is 5.75 Å². The van der Waals surface area contributed by atoms with E-state index in [1.807, 2.05) is 0 Å². The molecule has 0 aliphatic carbocycles. The van der Waals surface area contributed by atoms with Crippen LogP contribution in [0.25, 0.3) is 5.69 Å². The van der Waals surface area contributed by atoms with Gasteiger partial charge in [0, 0.05) is 11.9 Å². The van der Waals surface area contributed by atoms with E-state index >= 15 is 0 Å². The van der Waals surface area contributed by atoms with Gasteiger partial charge < -0.3 is 19.9 Å². The van der Waals surface area contributed by atoms with E-state index in [0.717, 1.165) is 0 Å². The van der Waals surface area contributed by atoms with E-state index in [-0.39, 0.29) is 17.9 Å². The largest absolute Gasteiger partial charge is 0.506 e. The number of benzene rings is 1. The molecule has 1 heterocycles. The molecule has 2 aromatic rings. The molecule has 0 spiro atoms. The number of carboxylic acids is 1. The van der Waals surface area contributed by atoms with E-state index in [1.54, 1.807) is 22.9 Å². The second-order valence-corrected chi connectivity index (χ2v) is 3.54. The number of hydrogen-bond acceptors (Lipinski definition) is 3. The summed E-state index contributed by atoms with van der Waals surface area (Å²) < 4.78 is 1.54. The van der Waals surface area contributed by atoms with Crippen LogP contribution in [0.1, 0.15) is 16.1 Å². The summed E-state index contributed by atoms with van der Waals surface area (Å²) in [5, 5.41) is 27.7. The molecule has 17 heavy (non-hydrogen) atoms. The Balaban J connectivity index is 2.58. The molecule has 2 rings (SSSR count). The molecule has 0 unspecified atom stereocenters. The summed E-state index contributed by atoms with van der Waals surface area (Å²) in [7, 11) is 0. The Hall–Kier alpha value is -2.27. The smallest absolute Gasteiger partial charge is 0.335 e. The SMILES string of the molecule is O=C(O)c1ccc(O)c(-n2cccc2CO)c1. The molecule has 0 atom stereocenters. The Bertz CT molecular complexity index is 559. The summed E-state index contributed by atoms with van der Waals surface area (Å²) in [6.07, 6.45) is 1.65. The topological polar surface area (TPSA) is 82.7 Å². The number of carbonyl (C=O) groups is 1. The van der Waals surface area contributed by atoms with Crippen molar-refractivity contribution in [1.82, 2.24) is 4.57 Å². The monoisotopic (exact) mass is 233 g/mol. The zero-order valence-corrected chi connectivity index (χ0v) is 8.87. The van der Waals surface area contributed by atoms with Gasteiger partial charge in [-0.2, -0.15) is 0 Å². The Morgan fingerprint density at radius 3 is 2.71 bits per heavy atom. The van der Waals surface area contributed by atoms with E-state index < -0.39 is 5.97 Å². The van der Waals surface area contributed by atoms with E-state index in [1.165, 1.54) is 18.2 Å². The third-order valence-corrected chi connectivity index (χ3v) is 2.48. The number of aliphatic hydroxyl groups excluding tert-OH is 1. The summed E-state index contributed by atoms with van der Waals surface area (Å²) in [6.45, 7) is -0.191. The molecule has 0 saturated heterocycles. The molecule has 0 aliphatic rings. The highest BCUT2D eigenvalue weighted by Gasteiger charge is 2.11. The first-order valence-corrected chi connectivity index (χ1v) is 4.97. The van der Waals surface area contributed by atoms with Gasteiger partial charge in [-0.15, -0.1) is 0 Å². The van der Waals surface area contributed by atoms with Crippen molar-refractivity contribution in [2.45, 2.75) is 6.61 Å². The minimum Gasteiger partial charge on any atom is -0.506 e. The number of nitrogens with zero attached hydrogens (tertiary/aromatic N) is 1. The van der Waals surface area contributed by atoms with Crippen molar-refractivity contribution in [3.63, 3.8) is 0 Å². The van der Waals surface area contributed by atoms with E-state index in [0.29, 0.717) is 11.4 Å². The minimum absolute atomic E-state index is 0.0408. The lowest BCUT2D eigenvalue weighted by molar-refractivity contribution is 0.0697. The van der Waals surface area contributed by atoms with Gasteiger partial charge in [0.05, 0.1) is 17.9 Å². The van der Waals surface area contributed by atoms with Crippen molar-refractivity contribution >= 4 is 5.97 Å². The highest BCUT2D eigenvalue weighted by Crippen LogP contribution is 2.24. The fourth-order valence-electron chi connectivity index (χ4n) is 1.63. The van der Waals surface area contributed by atoms with Crippen LogP contribution in [0.2, 0.25) is 0 Å². The molecule has 88 valence electrons. The normalized spacial score (nSPS) is 10.4. The summed E-state index contributed by atoms with van der Waals surface area (Å²) in [6, 6.07) is 7.39. The molecule has 1 aromatic heterocycles. The lowest BCUT2D eigenvalue weighted by atomic mass is 10.2. The van der Waals surface area contributed by atoms with Crippen molar-refractivity contribution in [2.24, 2.45) is 0 Å². The Morgan fingerprint density at radius 2 is 2.06 bits per heavy atom. The lowest BCUT2D eigenvalue weighted by Crippen LogP contribution is -2.02. The highest BCUT2D eigenvalue weighted by molar-refractivity contribution is 5.88. The lowest BCUT2D eigenvalue weighted by Gasteiger charge is -2.10. The van der Waals surface area contributed by atoms with Crippen LogP contribution in [0.3, 0.4) is 0 Å². The number of phenolic OH excluding ortho intramolecular Hbond substituents is 1. The average Bonchev–Trinajstić information content (AvgIpc) is 2.77. The summed E-state index contributed by atoms with van der Waals surface area (Å²) >= 11 is 0. The van der Waals surface area contributed by atoms with Gasteiger partial charge in [0.2, 0.25) is 0 Å². The number of aliphatic hydroxyl groups is 1. The summed E-state index contributed by atoms with van der Waals surface area (Å²) in [5.74, 6) is -1.11. The quantitative estimate of drug-likeness (QED) is 0.747. The van der Waals surface area contributed by atoms with Crippen molar-refractivity contribution in [3.8, 4) is 11.4 Å². The first-order chi connectivity index (χ1) is 8.13. The number of hydrogen-bond donors (Lipinski definition) is 3. The molecule has 5 nitrogen and oxygen atoms in total. The molecule has 0 fully saturated rings. The predicted octanol–water partition coefficient (Wildman–Crippen LogP) is 1.37. The molecule has 0 saturated carbocycles. The van der Waals surface area contributed by atoms with Crippen LogP contribution in [-0.2, 0) is 6.61 Å². The highest BCUT2D eigenvalue weighted by atomic mass is 16.4. The third kappa shape index (κ3) is 2.00. The Labute approximate surface area is 97.2 Å². The maximum Gasteiger partial charge on any atom is 0.335 e. The van der Waals surface area contributed by atoms with Gasteiger partial charge >= 0.3 is 5.97 Å². The predicted molar refractivity (Wildman–Crippen MR) is 60.3 cm³/mol. The van der Waals surface area contributed by atoms with Gasteiger partial charge in [0.25, 0.3) is 0 Å². The second kappa shape index (κ2) is 4.31. The fraction of sp³-hybridized carbons (Fsp3) is 0.0833. The van der Waals surface area contributed by atoms with Crippen molar-refractivity contribution in [2.75, 3.05) is 0 Å². The van der Waals surface area contributed by atoms with E-state index in [2.05, 4.69) is 0 Å². The van der Waals surface area contributed by atoms with Gasteiger partial charge in [-0.05, 0) is 30.3 Å². The summed E-state index contributed by atoms with van der Waals surface area (Å²) in [5.41, 5.74) is 0.983. The first-order valence-electron chi connectivity index (χ1n) is 4.97. The zero-order valence-electron chi connectivity index (χ0n) is 8.87. The van der Waals surface area contributed by atoms with E-state index in [4.69, 9.17) is 10.2 Å². The van der Waals surface area contributed by atoms with Crippen LogP contribution in [0.4, 0.5) is 0 Å². The Morgan fingerprint density at radius 1 is 1.29 bits per heavy atom. The molecule has 1 aromatic carbocycles. The maximum absolute atomic E-state index is 10.8. The molecular formula is C12H11NO4. The molecule has 5 heteroatoms. The van der Waals surface area contributed by atoms with Crippen molar-refractivity contribution in [1.29, 1.82) is 0 Å². The first kappa shape index (κ1) is 11.2. The van der Waals surface area contributed by atoms with Gasteiger partial charge in [0.15, 0.2) is 0 Å². The second-order valence-electron chi connectivity index (χ2n) is 3.54. The van der Waals surface area contributed by atoms with E-state index in [9.17, 15) is 9.90 Å². The van der Waals surface area contributed by atoms with Gasteiger partial charge in [-0.25, -0.2) is 4.79 Å². The average molecular weight is 233 g/mol. The van der Waals surface area contributed by atoms with Crippen LogP contribution < -0.4 is 0 Å². The van der Waals surface area contributed by atoms with Gasteiger partial charge in [0.1, 0.15) is 5.75 Å². The molecule has 0 aliphatic heterocycles. The van der Waals surface area contributed by atoms with Crippen molar-refractivity contribution < 1.29 is 20.1 Å². The third-order valence-electron chi connectivity index (χ3n) is 2.48. The number of aromatic hydroxyl groups is 1. The van der Waals surface area contributed by atoms with Gasteiger partial charge in [-0.3, -0.25) is 0 Å². The van der Waals surface area contributed by atoms with Crippen LogP contribution in [0.15, 0.2) is 36.5 Å². The Kier molecular flexibility index (Phi) is 2.84. The molecule has 0 radical (unpaired) electrons.